The Balaban J connectivity index is 2.11. The van der Waals surface area contributed by atoms with Crippen LogP contribution >= 0.6 is 0 Å². The largest absolute Gasteiger partial charge is 0.362 e. The molecule has 3 rings (SSSR count). The fourth-order valence-corrected chi connectivity index (χ4v) is 2.61. The van der Waals surface area contributed by atoms with Crippen molar-refractivity contribution in [3.8, 4) is 11.3 Å². The van der Waals surface area contributed by atoms with Gasteiger partial charge in [0.15, 0.2) is 0 Å². The van der Waals surface area contributed by atoms with Gasteiger partial charge in [-0.15, -0.1) is 0 Å². The molecule has 0 amide bonds. The van der Waals surface area contributed by atoms with Crippen molar-refractivity contribution in [3.63, 3.8) is 0 Å². The Labute approximate surface area is 135 Å². The van der Waals surface area contributed by atoms with Crippen LogP contribution in [0.2, 0.25) is 0 Å². The molecule has 0 saturated carbocycles. The minimum atomic E-state index is -0.125. The molecule has 2 N–H and O–H groups in total. The zero-order valence-corrected chi connectivity index (χ0v) is 13.3. The molecule has 4 nitrogen and oxygen atoms in total. The Kier molecular flexibility index (Phi) is 3.98. The van der Waals surface area contributed by atoms with Gasteiger partial charge in [0.2, 0.25) is 5.56 Å². The van der Waals surface area contributed by atoms with Crippen LogP contribution in [-0.2, 0) is 0 Å². The molecule has 116 valence electrons. The first kappa shape index (κ1) is 15.0. The number of aromatic nitrogens is 2. The Morgan fingerprint density at radius 3 is 2.74 bits per heavy atom. The van der Waals surface area contributed by atoms with E-state index in [1.807, 2.05) is 30.5 Å². The molecule has 0 atom stereocenters. The first-order chi connectivity index (χ1) is 11.0. The summed E-state index contributed by atoms with van der Waals surface area (Å²) in [7, 11) is 0. The van der Waals surface area contributed by atoms with E-state index in [9.17, 15) is 4.79 Å². The van der Waals surface area contributed by atoms with Crippen LogP contribution in [0.4, 0.5) is 0 Å². The summed E-state index contributed by atoms with van der Waals surface area (Å²) in [6.07, 6.45) is 7.55. The third-order valence-corrected chi connectivity index (χ3v) is 3.71. The van der Waals surface area contributed by atoms with Crippen molar-refractivity contribution in [1.82, 2.24) is 15.3 Å². The van der Waals surface area contributed by atoms with Crippen molar-refractivity contribution in [2.75, 3.05) is 0 Å². The number of H-pyrrole nitrogens is 1. The smallest absolute Gasteiger partial charge is 0.248 e. The van der Waals surface area contributed by atoms with Crippen LogP contribution in [0.3, 0.4) is 0 Å². The van der Waals surface area contributed by atoms with E-state index in [2.05, 4.69) is 36.8 Å². The highest BCUT2D eigenvalue weighted by Gasteiger charge is 2.14. The van der Waals surface area contributed by atoms with Crippen LogP contribution in [-0.4, -0.2) is 9.97 Å². The van der Waals surface area contributed by atoms with E-state index in [4.69, 9.17) is 4.98 Å². The average Bonchev–Trinajstić information content (AvgIpc) is 2.54. The molecule has 0 aromatic carbocycles. The normalized spacial score (nSPS) is 13.9. The van der Waals surface area contributed by atoms with Crippen LogP contribution in [0, 0.1) is 0 Å². The summed E-state index contributed by atoms with van der Waals surface area (Å²) in [5.41, 5.74) is 5.54. The second-order valence-corrected chi connectivity index (χ2v) is 5.83. The third kappa shape index (κ3) is 3.16. The summed E-state index contributed by atoms with van der Waals surface area (Å²) >= 11 is 0. The van der Waals surface area contributed by atoms with Crippen molar-refractivity contribution in [3.05, 3.63) is 82.7 Å². The quantitative estimate of drug-likeness (QED) is 0.911. The number of rotatable bonds is 3. The predicted molar refractivity (Wildman–Crippen MR) is 93.8 cm³/mol. The summed E-state index contributed by atoms with van der Waals surface area (Å²) in [6, 6.07) is 7.44. The lowest BCUT2D eigenvalue weighted by molar-refractivity contribution is 0.820. The van der Waals surface area contributed by atoms with E-state index < -0.39 is 0 Å². The summed E-state index contributed by atoms with van der Waals surface area (Å²) in [5.74, 6) is 0.268. The number of pyridine rings is 2. The number of hydrogen-bond donors (Lipinski definition) is 2. The van der Waals surface area contributed by atoms with E-state index in [0.29, 0.717) is 0 Å². The summed E-state index contributed by atoms with van der Waals surface area (Å²) in [6.45, 7) is 8.18. The van der Waals surface area contributed by atoms with Gasteiger partial charge in [0, 0.05) is 35.3 Å². The third-order valence-electron chi connectivity index (χ3n) is 3.71. The van der Waals surface area contributed by atoms with Gasteiger partial charge in [-0.3, -0.25) is 9.78 Å². The number of nitrogens with one attached hydrogen (secondary N) is 2. The lowest BCUT2D eigenvalue weighted by Crippen LogP contribution is -2.08. The van der Waals surface area contributed by atoms with Crippen molar-refractivity contribution in [2.24, 2.45) is 0 Å². The summed E-state index contributed by atoms with van der Waals surface area (Å²) in [5, 5.41) is 3.06. The van der Waals surface area contributed by atoms with Gasteiger partial charge >= 0.3 is 0 Å². The van der Waals surface area contributed by atoms with Gasteiger partial charge in [-0.2, -0.15) is 0 Å². The van der Waals surface area contributed by atoms with Gasteiger partial charge in [-0.25, -0.2) is 0 Å². The molecule has 0 spiro atoms. The van der Waals surface area contributed by atoms with Crippen LogP contribution in [0.15, 0.2) is 65.9 Å². The molecular weight excluding hydrogens is 286 g/mol. The zero-order chi connectivity index (χ0) is 16.4. The molecule has 23 heavy (non-hydrogen) atoms. The fourth-order valence-electron chi connectivity index (χ4n) is 2.61. The minimum Gasteiger partial charge on any atom is -0.362 e. The highest BCUT2D eigenvalue weighted by molar-refractivity contribution is 5.79. The van der Waals surface area contributed by atoms with E-state index >= 15 is 0 Å². The summed E-state index contributed by atoms with van der Waals surface area (Å²) in [4.78, 5) is 18.9. The van der Waals surface area contributed by atoms with Crippen molar-refractivity contribution in [1.29, 1.82) is 0 Å². The molecule has 1 aliphatic heterocycles. The maximum absolute atomic E-state index is 11.5. The topological polar surface area (TPSA) is 57.8 Å². The van der Waals surface area contributed by atoms with Crippen molar-refractivity contribution < 1.29 is 0 Å². The predicted octanol–water partition coefficient (Wildman–Crippen LogP) is 3.57. The van der Waals surface area contributed by atoms with Crippen molar-refractivity contribution in [2.45, 2.75) is 19.8 Å². The number of dihydropyridines is 1. The highest BCUT2D eigenvalue weighted by Crippen LogP contribution is 2.29. The number of allylic oxidation sites excluding steroid dienone is 3. The standard InChI is InChI=1S/C19H19N3O/c1-12(2)19-16(14-6-8-20-13(3)10-14)4-5-17(22-19)15-7-9-21-18(23)11-15/h4-12,20H,3H2,1-2H3,(H,21,23). The van der Waals surface area contributed by atoms with Crippen LogP contribution in [0.1, 0.15) is 31.0 Å². The average molecular weight is 305 g/mol. The number of hydrogen-bond acceptors (Lipinski definition) is 3. The van der Waals surface area contributed by atoms with Crippen molar-refractivity contribution >= 4 is 5.57 Å². The first-order valence-corrected chi connectivity index (χ1v) is 7.59. The van der Waals surface area contributed by atoms with E-state index in [0.717, 1.165) is 33.8 Å². The van der Waals surface area contributed by atoms with Gasteiger partial charge in [0.1, 0.15) is 0 Å². The van der Waals surface area contributed by atoms with Gasteiger partial charge in [-0.05, 0) is 35.8 Å². The van der Waals surface area contributed by atoms with Gasteiger partial charge < -0.3 is 10.3 Å². The monoisotopic (exact) mass is 305 g/mol. The molecule has 4 heteroatoms. The fraction of sp³-hybridized carbons (Fsp3) is 0.158. The minimum absolute atomic E-state index is 0.125. The van der Waals surface area contributed by atoms with E-state index in [1.54, 1.807) is 12.3 Å². The molecular formula is C19H19N3O. The lowest BCUT2D eigenvalue weighted by Gasteiger charge is -2.17. The second kappa shape index (κ2) is 6.08. The van der Waals surface area contributed by atoms with E-state index in [-0.39, 0.29) is 11.5 Å². The Morgan fingerprint density at radius 1 is 1.22 bits per heavy atom. The van der Waals surface area contributed by atoms with Gasteiger partial charge in [0.05, 0.1) is 11.4 Å². The zero-order valence-electron chi connectivity index (χ0n) is 13.3. The maximum Gasteiger partial charge on any atom is 0.248 e. The molecule has 0 bridgehead atoms. The lowest BCUT2D eigenvalue weighted by atomic mass is 9.95. The summed E-state index contributed by atoms with van der Waals surface area (Å²) < 4.78 is 0. The molecule has 0 radical (unpaired) electrons. The van der Waals surface area contributed by atoms with Gasteiger partial charge in [-0.1, -0.05) is 26.5 Å². The van der Waals surface area contributed by atoms with Crippen LogP contribution in [0.5, 0.6) is 0 Å². The maximum atomic E-state index is 11.5. The molecule has 0 unspecified atom stereocenters. The number of aromatic amines is 1. The van der Waals surface area contributed by atoms with Crippen LogP contribution < -0.4 is 10.9 Å². The second-order valence-electron chi connectivity index (χ2n) is 5.83. The Hall–Kier alpha value is -2.88. The van der Waals surface area contributed by atoms with Crippen LogP contribution in [0.25, 0.3) is 16.8 Å². The molecule has 0 aliphatic carbocycles. The molecule has 0 fully saturated rings. The Bertz CT molecular complexity index is 872. The molecule has 3 heterocycles. The van der Waals surface area contributed by atoms with E-state index in [1.165, 1.54) is 0 Å². The molecule has 2 aromatic rings. The highest BCUT2D eigenvalue weighted by atomic mass is 16.1. The molecule has 2 aromatic heterocycles. The molecule has 1 aliphatic rings. The first-order valence-electron chi connectivity index (χ1n) is 7.59. The molecule has 0 saturated heterocycles. The number of nitrogens with zero attached hydrogens (tertiary/aromatic N) is 1. The SMILES string of the molecule is C=C1C=C(c2ccc(-c3cc[nH]c(=O)c3)nc2C(C)C)C=CN1. The Morgan fingerprint density at radius 2 is 2.04 bits per heavy atom. The van der Waals surface area contributed by atoms with Gasteiger partial charge in [0.25, 0.3) is 0 Å².